The van der Waals surface area contributed by atoms with E-state index in [9.17, 15) is 4.39 Å². The summed E-state index contributed by atoms with van der Waals surface area (Å²) >= 11 is 5.98. The smallest absolute Gasteiger partial charge is 0.129 e. The summed E-state index contributed by atoms with van der Waals surface area (Å²) in [6.45, 7) is 3.12. The van der Waals surface area contributed by atoms with Crippen molar-refractivity contribution in [3.63, 3.8) is 0 Å². The van der Waals surface area contributed by atoms with Gasteiger partial charge in [-0.25, -0.2) is 4.39 Å². The van der Waals surface area contributed by atoms with Crippen LogP contribution in [-0.2, 0) is 6.54 Å². The van der Waals surface area contributed by atoms with Crippen LogP contribution in [0, 0.1) is 5.82 Å². The molecule has 0 aliphatic rings. The van der Waals surface area contributed by atoms with Crippen molar-refractivity contribution in [3.8, 4) is 5.75 Å². The second kappa shape index (κ2) is 7.15. The molecule has 0 aliphatic heterocycles. The normalized spacial score (nSPS) is 10.3. The summed E-state index contributed by atoms with van der Waals surface area (Å²) in [4.78, 5) is 0. The Labute approximate surface area is 123 Å². The molecule has 2 rings (SSSR count). The molecule has 0 unspecified atom stereocenters. The summed E-state index contributed by atoms with van der Waals surface area (Å²) in [6.07, 6.45) is 0.978. The van der Waals surface area contributed by atoms with Crippen LogP contribution in [0.3, 0.4) is 0 Å². The first kappa shape index (κ1) is 14.7. The zero-order chi connectivity index (χ0) is 14.4. The van der Waals surface area contributed by atoms with Crippen molar-refractivity contribution in [2.75, 3.05) is 11.9 Å². The van der Waals surface area contributed by atoms with Crippen LogP contribution in [0.1, 0.15) is 18.9 Å². The quantitative estimate of drug-likeness (QED) is 0.819. The van der Waals surface area contributed by atoms with Crippen molar-refractivity contribution in [2.24, 2.45) is 0 Å². The Morgan fingerprint density at radius 1 is 1.15 bits per heavy atom. The first-order valence-corrected chi connectivity index (χ1v) is 6.98. The predicted octanol–water partition coefficient (Wildman–Crippen LogP) is 4.88. The average Bonchev–Trinajstić information content (AvgIpc) is 2.46. The van der Waals surface area contributed by atoms with Crippen molar-refractivity contribution < 1.29 is 9.13 Å². The molecule has 0 bridgehead atoms. The third-order valence-corrected chi connectivity index (χ3v) is 3.21. The van der Waals surface area contributed by atoms with Crippen LogP contribution < -0.4 is 10.1 Å². The Bertz CT molecular complexity index is 537. The molecule has 0 atom stereocenters. The van der Waals surface area contributed by atoms with E-state index in [0.717, 1.165) is 17.9 Å². The fraction of sp³-hybridized carbons (Fsp3) is 0.250. The minimum absolute atomic E-state index is 0.298. The number of hydrogen-bond acceptors (Lipinski definition) is 2. The van der Waals surface area contributed by atoms with E-state index in [0.29, 0.717) is 23.7 Å². The molecule has 0 aromatic heterocycles. The molecule has 4 heteroatoms. The Kier molecular flexibility index (Phi) is 5.24. The highest BCUT2D eigenvalue weighted by Gasteiger charge is 2.06. The van der Waals surface area contributed by atoms with Crippen molar-refractivity contribution in [1.82, 2.24) is 0 Å². The summed E-state index contributed by atoms with van der Waals surface area (Å²) in [7, 11) is 0. The SMILES string of the molecule is CCCOc1ccc(NCc2c(F)cccc2Cl)cc1. The van der Waals surface area contributed by atoms with Crippen LogP contribution in [0.2, 0.25) is 5.02 Å². The first-order valence-electron chi connectivity index (χ1n) is 6.60. The number of ether oxygens (including phenoxy) is 1. The third kappa shape index (κ3) is 3.87. The van der Waals surface area contributed by atoms with Crippen LogP contribution in [0.5, 0.6) is 5.75 Å². The molecule has 1 N–H and O–H groups in total. The van der Waals surface area contributed by atoms with Gasteiger partial charge in [0.05, 0.1) is 6.61 Å². The van der Waals surface area contributed by atoms with Gasteiger partial charge >= 0.3 is 0 Å². The lowest BCUT2D eigenvalue weighted by Gasteiger charge is -2.10. The monoisotopic (exact) mass is 293 g/mol. The van der Waals surface area contributed by atoms with Crippen molar-refractivity contribution in [3.05, 3.63) is 58.9 Å². The van der Waals surface area contributed by atoms with Gasteiger partial charge < -0.3 is 10.1 Å². The minimum Gasteiger partial charge on any atom is -0.494 e. The molecule has 0 spiro atoms. The summed E-state index contributed by atoms with van der Waals surface area (Å²) in [6, 6.07) is 12.3. The van der Waals surface area contributed by atoms with Gasteiger partial charge in [-0.3, -0.25) is 0 Å². The van der Waals surface area contributed by atoms with E-state index in [-0.39, 0.29) is 5.82 Å². The standard InChI is InChI=1S/C16H17ClFNO/c1-2-10-20-13-8-6-12(7-9-13)19-11-14-15(17)4-3-5-16(14)18/h3-9,19H,2,10-11H2,1H3. The molecule has 2 aromatic rings. The molecule has 0 radical (unpaired) electrons. The fourth-order valence-corrected chi connectivity index (χ4v) is 2.01. The molecule has 0 amide bonds. The molecule has 20 heavy (non-hydrogen) atoms. The highest BCUT2D eigenvalue weighted by Crippen LogP contribution is 2.21. The van der Waals surface area contributed by atoms with E-state index in [2.05, 4.69) is 12.2 Å². The van der Waals surface area contributed by atoms with Crippen LogP contribution in [0.25, 0.3) is 0 Å². The molecule has 0 saturated carbocycles. The molecule has 0 saturated heterocycles. The molecule has 2 nitrogen and oxygen atoms in total. The molecule has 106 valence electrons. The Morgan fingerprint density at radius 2 is 1.90 bits per heavy atom. The van der Waals surface area contributed by atoms with E-state index < -0.39 is 0 Å². The lowest BCUT2D eigenvalue weighted by Crippen LogP contribution is -2.02. The second-order valence-electron chi connectivity index (χ2n) is 4.43. The van der Waals surface area contributed by atoms with Gasteiger partial charge in [0.25, 0.3) is 0 Å². The van der Waals surface area contributed by atoms with Crippen LogP contribution >= 0.6 is 11.6 Å². The van der Waals surface area contributed by atoms with Crippen molar-refractivity contribution >= 4 is 17.3 Å². The molecule has 2 aromatic carbocycles. The van der Waals surface area contributed by atoms with E-state index in [1.54, 1.807) is 12.1 Å². The average molecular weight is 294 g/mol. The van der Waals surface area contributed by atoms with Crippen LogP contribution in [0.4, 0.5) is 10.1 Å². The van der Waals surface area contributed by atoms with E-state index in [1.165, 1.54) is 6.07 Å². The van der Waals surface area contributed by atoms with Gasteiger partial charge in [0.2, 0.25) is 0 Å². The van der Waals surface area contributed by atoms with Crippen LogP contribution in [-0.4, -0.2) is 6.61 Å². The van der Waals surface area contributed by atoms with Gasteiger partial charge in [0, 0.05) is 22.8 Å². The van der Waals surface area contributed by atoms with Gasteiger partial charge in [-0.2, -0.15) is 0 Å². The number of hydrogen-bond donors (Lipinski definition) is 1. The van der Waals surface area contributed by atoms with Gasteiger partial charge in [-0.05, 0) is 42.8 Å². The number of anilines is 1. The lowest BCUT2D eigenvalue weighted by atomic mass is 10.2. The predicted molar refractivity (Wildman–Crippen MR) is 81.0 cm³/mol. The maximum absolute atomic E-state index is 13.6. The molecule has 0 heterocycles. The third-order valence-electron chi connectivity index (χ3n) is 2.86. The van der Waals surface area contributed by atoms with Gasteiger partial charge in [-0.15, -0.1) is 0 Å². The van der Waals surface area contributed by atoms with Crippen LogP contribution in [0.15, 0.2) is 42.5 Å². The maximum Gasteiger partial charge on any atom is 0.129 e. The van der Waals surface area contributed by atoms with E-state index >= 15 is 0 Å². The van der Waals surface area contributed by atoms with E-state index in [4.69, 9.17) is 16.3 Å². The zero-order valence-electron chi connectivity index (χ0n) is 11.3. The molecular weight excluding hydrogens is 277 g/mol. The highest BCUT2D eigenvalue weighted by atomic mass is 35.5. The second-order valence-corrected chi connectivity index (χ2v) is 4.83. The fourth-order valence-electron chi connectivity index (χ4n) is 1.78. The molecular formula is C16H17ClFNO. The van der Waals surface area contributed by atoms with Gasteiger partial charge in [0.1, 0.15) is 11.6 Å². The number of nitrogens with one attached hydrogen (secondary N) is 1. The number of benzene rings is 2. The largest absolute Gasteiger partial charge is 0.494 e. The Balaban J connectivity index is 1.97. The number of halogens is 2. The lowest BCUT2D eigenvalue weighted by molar-refractivity contribution is 0.317. The summed E-state index contributed by atoms with van der Waals surface area (Å²) in [5.41, 5.74) is 1.37. The Hall–Kier alpha value is -1.74. The minimum atomic E-state index is -0.298. The highest BCUT2D eigenvalue weighted by molar-refractivity contribution is 6.31. The molecule has 0 aliphatic carbocycles. The van der Waals surface area contributed by atoms with E-state index in [1.807, 2.05) is 24.3 Å². The van der Waals surface area contributed by atoms with Gasteiger partial charge in [0.15, 0.2) is 0 Å². The summed E-state index contributed by atoms with van der Waals surface area (Å²) in [5, 5.41) is 3.58. The van der Waals surface area contributed by atoms with Gasteiger partial charge in [-0.1, -0.05) is 24.6 Å². The molecule has 0 fully saturated rings. The zero-order valence-corrected chi connectivity index (χ0v) is 12.1. The first-order chi connectivity index (χ1) is 9.70. The van der Waals surface area contributed by atoms with Crippen molar-refractivity contribution in [1.29, 1.82) is 0 Å². The Morgan fingerprint density at radius 3 is 2.55 bits per heavy atom. The summed E-state index contributed by atoms with van der Waals surface area (Å²) in [5.74, 6) is 0.536. The topological polar surface area (TPSA) is 21.3 Å². The van der Waals surface area contributed by atoms with Crippen molar-refractivity contribution in [2.45, 2.75) is 19.9 Å². The number of rotatable bonds is 6. The summed E-state index contributed by atoms with van der Waals surface area (Å²) < 4.78 is 19.1. The maximum atomic E-state index is 13.6.